The summed E-state index contributed by atoms with van der Waals surface area (Å²) < 4.78 is 4.69. The van der Waals surface area contributed by atoms with Gasteiger partial charge in [0.25, 0.3) is 0 Å². The average Bonchev–Trinajstić information content (AvgIpc) is 2.07. The molecule has 0 amide bonds. The van der Waals surface area contributed by atoms with E-state index in [-0.39, 0.29) is 0 Å². The van der Waals surface area contributed by atoms with Gasteiger partial charge in [-0.3, -0.25) is 0 Å². The quantitative estimate of drug-likeness (QED) is 0.325. The standard InChI is InChI=1S/C6H10BNO5/c7-5-1(8)2(9)3(10)4(13-5)6(11)12/h1-5,9-10H,8H2,(H,11,12)/t1-,2?,3?,4+,5-/m1/s1. The van der Waals surface area contributed by atoms with Crippen molar-refractivity contribution in [1.82, 2.24) is 0 Å². The van der Waals surface area contributed by atoms with E-state index in [4.69, 9.17) is 18.7 Å². The maximum atomic E-state index is 10.5. The SMILES string of the molecule is [B][C@@H]1O[C@H](C(=O)O)C(O)C(O)[C@H]1N. The minimum Gasteiger partial charge on any atom is -0.479 e. The highest BCUT2D eigenvalue weighted by molar-refractivity contribution is 6.11. The highest BCUT2D eigenvalue weighted by Gasteiger charge is 2.43. The summed E-state index contributed by atoms with van der Waals surface area (Å²) in [5.41, 5.74) is 5.32. The van der Waals surface area contributed by atoms with E-state index in [9.17, 15) is 15.0 Å². The van der Waals surface area contributed by atoms with Gasteiger partial charge >= 0.3 is 5.97 Å². The van der Waals surface area contributed by atoms with Gasteiger partial charge in [-0.15, -0.1) is 0 Å². The normalized spacial score (nSPS) is 45.9. The smallest absolute Gasteiger partial charge is 0.335 e. The van der Waals surface area contributed by atoms with Gasteiger partial charge in [-0.2, -0.15) is 0 Å². The molecule has 2 radical (unpaired) electrons. The van der Waals surface area contributed by atoms with Crippen LogP contribution >= 0.6 is 0 Å². The fourth-order valence-corrected chi connectivity index (χ4v) is 1.15. The van der Waals surface area contributed by atoms with E-state index in [1.165, 1.54) is 0 Å². The summed E-state index contributed by atoms with van der Waals surface area (Å²) in [7, 11) is 5.28. The zero-order valence-electron chi connectivity index (χ0n) is 6.70. The molecule has 6 nitrogen and oxygen atoms in total. The second-order valence-corrected chi connectivity index (χ2v) is 2.92. The van der Waals surface area contributed by atoms with Gasteiger partial charge in [0.15, 0.2) is 6.10 Å². The fraction of sp³-hybridized carbons (Fsp3) is 0.833. The molecular formula is C6H10BNO5. The van der Waals surface area contributed by atoms with E-state index in [0.29, 0.717) is 0 Å². The molecule has 1 aliphatic rings. The van der Waals surface area contributed by atoms with Crippen LogP contribution < -0.4 is 5.73 Å². The van der Waals surface area contributed by atoms with Crippen LogP contribution in [0, 0.1) is 0 Å². The van der Waals surface area contributed by atoms with Crippen molar-refractivity contribution in [2.75, 3.05) is 0 Å². The van der Waals surface area contributed by atoms with Gasteiger partial charge in [0.05, 0.1) is 12.1 Å². The van der Waals surface area contributed by atoms with Gasteiger partial charge in [0.2, 0.25) is 0 Å². The fourth-order valence-electron chi connectivity index (χ4n) is 1.15. The maximum absolute atomic E-state index is 10.5. The lowest BCUT2D eigenvalue weighted by molar-refractivity contribution is -0.186. The molecule has 7 heteroatoms. The van der Waals surface area contributed by atoms with Crippen molar-refractivity contribution >= 4 is 13.8 Å². The summed E-state index contributed by atoms with van der Waals surface area (Å²) in [6, 6.07) is -2.06. The molecule has 0 aromatic carbocycles. The number of ether oxygens (including phenoxy) is 1. The van der Waals surface area contributed by atoms with Crippen molar-refractivity contribution in [1.29, 1.82) is 0 Å². The third-order valence-corrected chi connectivity index (χ3v) is 1.98. The second-order valence-electron chi connectivity index (χ2n) is 2.92. The highest BCUT2D eigenvalue weighted by Crippen LogP contribution is 2.18. The molecule has 13 heavy (non-hydrogen) atoms. The van der Waals surface area contributed by atoms with Gasteiger partial charge in [-0.25, -0.2) is 4.79 Å². The van der Waals surface area contributed by atoms with Crippen molar-refractivity contribution in [3.05, 3.63) is 0 Å². The van der Waals surface area contributed by atoms with Crippen molar-refractivity contribution in [3.8, 4) is 0 Å². The van der Waals surface area contributed by atoms with Gasteiger partial charge in [0, 0.05) is 6.00 Å². The molecule has 2 unspecified atom stereocenters. The van der Waals surface area contributed by atoms with Crippen LogP contribution in [0.25, 0.3) is 0 Å². The molecule has 0 spiro atoms. The summed E-state index contributed by atoms with van der Waals surface area (Å²) in [6.45, 7) is 0. The van der Waals surface area contributed by atoms with E-state index in [1.807, 2.05) is 0 Å². The molecule has 5 atom stereocenters. The number of carboxylic acids is 1. The Labute approximate surface area is 75.7 Å². The van der Waals surface area contributed by atoms with Crippen molar-refractivity contribution < 1.29 is 24.9 Å². The van der Waals surface area contributed by atoms with Crippen LogP contribution in [-0.2, 0) is 9.53 Å². The number of rotatable bonds is 1. The number of hydrogen-bond donors (Lipinski definition) is 4. The number of hydrogen-bond acceptors (Lipinski definition) is 5. The van der Waals surface area contributed by atoms with Crippen LogP contribution in [0.5, 0.6) is 0 Å². The molecule has 1 saturated heterocycles. The van der Waals surface area contributed by atoms with E-state index >= 15 is 0 Å². The first kappa shape index (κ1) is 10.5. The first-order chi connectivity index (χ1) is 5.95. The monoisotopic (exact) mass is 187 g/mol. The second kappa shape index (κ2) is 3.63. The largest absolute Gasteiger partial charge is 0.479 e. The van der Waals surface area contributed by atoms with Crippen molar-refractivity contribution in [2.45, 2.75) is 30.4 Å². The van der Waals surface area contributed by atoms with Gasteiger partial charge in [0.1, 0.15) is 14.0 Å². The summed E-state index contributed by atoms with van der Waals surface area (Å²) in [4.78, 5) is 10.5. The lowest BCUT2D eigenvalue weighted by Gasteiger charge is -2.38. The highest BCUT2D eigenvalue weighted by atomic mass is 16.5. The van der Waals surface area contributed by atoms with Crippen LogP contribution in [0.4, 0.5) is 0 Å². The number of aliphatic hydroxyl groups excluding tert-OH is 2. The molecule has 0 aromatic rings. The topological polar surface area (TPSA) is 113 Å². The lowest BCUT2D eigenvalue weighted by Crippen LogP contribution is -2.63. The summed E-state index contributed by atoms with van der Waals surface area (Å²) >= 11 is 0. The predicted molar refractivity (Wildman–Crippen MR) is 42.0 cm³/mol. The van der Waals surface area contributed by atoms with E-state index in [1.54, 1.807) is 0 Å². The molecule has 0 aliphatic carbocycles. The Morgan fingerprint density at radius 1 is 1.38 bits per heavy atom. The zero-order valence-corrected chi connectivity index (χ0v) is 6.70. The van der Waals surface area contributed by atoms with Gasteiger partial charge < -0.3 is 25.8 Å². The number of aliphatic hydroxyl groups is 2. The Hall–Kier alpha value is -0.625. The van der Waals surface area contributed by atoms with Crippen LogP contribution in [0.1, 0.15) is 0 Å². The Bertz CT molecular complexity index is 213. The van der Waals surface area contributed by atoms with E-state index < -0.39 is 36.3 Å². The van der Waals surface area contributed by atoms with Crippen molar-refractivity contribution in [2.24, 2.45) is 5.73 Å². The van der Waals surface area contributed by atoms with Crippen molar-refractivity contribution in [3.63, 3.8) is 0 Å². The van der Waals surface area contributed by atoms with Crippen LogP contribution in [0.2, 0.25) is 0 Å². The molecular weight excluding hydrogens is 177 g/mol. The van der Waals surface area contributed by atoms with Crippen LogP contribution in [0.3, 0.4) is 0 Å². The number of aliphatic carboxylic acids is 1. The third kappa shape index (κ3) is 1.83. The minimum atomic E-state index is -1.55. The molecule has 1 heterocycles. The molecule has 72 valence electrons. The first-order valence-corrected chi connectivity index (χ1v) is 3.70. The first-order valence-electron chi connectivity index (χ1n) is 3.70. The summed E-state index contributed by atoms with van der Waals surface area (Å²) in [5, 5.41) is 27.0. The number of nitrogens with two attached hydrogens (primary N) is 1. The Kier molecular flexibility index (Phi) is 2.92. The molecule has 0 aromatic heterocycles. The van der Waals surface area contributed by atoms with Gasteiger partial charge in [-0.05, 0) is 0 Å². The molecule has 0 bridgehead atoms. The number of carbonyl (C=O) groups is 1. The maximum Gasteiger partial charge on any atom is 0.335 e. The third-order valence-electron chi connectivity index (χ3n) is 1.98. The lowest BCUT2D eigenvalue weighted by atomic mass is 9.83. The minimum absolute atomic E-state index is 0.981. The zero-order chi connectivity index (χ0) is 10.2. The van der Waals surface area contributed by atoms with E-state index in [2.05, 4.69) is 4.74 Å². The molecule has 1 rings (SSSR count). The molecule has 1 aliphatic heterocycles. The molecule has 0 saturated carbocycles. The number of carboxylic acid groups (broad SMARTS) is 1. The van der Waals surface area contributed by atoms with E-state index in [0.717, 1.165) is 0 Å². The average molecular weight is 187 g/mol. The predicted octanol–water partition coefficient (Wildman–Crippen LogP) is -2.99. The summed E-state index contributed by atoms with van der Waals surface area (Å²) in [5.74, 6) is -1.38. The van der Waals surface area contributed by atoms with Crippen LogP contribution in [0.15, 0.2) is 0 Å². The Morgan fingerprint density at radius 3 is 2.38 bits per heavy atom. The Balaban J connectivity index is 2.76. The molecule has 5 N–H and O–H groups in total. The van der Waals surface area contributed by atoms with Crippen LogP contribution in [-0.4, -0.2) is 59.5 Å². The Morgan fingerprint density at radius 2 is 1.92 bits per heavy atom. The molecule has 1 fully saturated rings. The van der Waals surface area contributed by atoms with Gasteiger partial charge in [-0.1, -0.05) is 0 Å². The summed E-state index contributed by atoms with van der Waals surface area (Å²) in [6.07, 6.45) is -4.46.